The lowest BCUT2D eigenvalue weighted by Gasteiger charge is -2.32. The summed E-state index contributed by atoms with van der Waals surface area (Å²) in [7, 11) is 0. The highest BCUT2D eigenvalue weighted by Gasteiger charge is 2.26. The fourth-order valence-corrected chi connectivity index (χ4v) is 3.87. The van der Waals surface area contributed by atoms with Gasteiger partial charge < -0.3 is 10.2 Å². The van der Waals surface area contributed by atoms with Crippen LogP contribution in [0.2, 0.25) is 5.02 Å². The molecule has 1 amide bonds. The van der Waals surface area contributed by atoms with Crippen LogP contribution < -0.4 is 10.2 Å². The third-order valence-corrected chi connectivity index (χ3v) is 5.76. The summed E-state index contributed by atoms with van der Waals surface area (Å²) < 4.78 is 1.82. The van der Waals surface area contributed by atoms with E-state index < -0.39 is 0 Å². The van der Waals surface area contributed by atoms with Gasteiger partial charge in [-0.15, -0.1) is 15.3 Å². The van der Waals surface area contributed by atoms with Crippen LogP contribution >= 0.6 is 11.6 Å². The molecule has 1 aliphatic heterocycles. The van der Waals surface area contributed by atoms with Crippen LogP contribution in [0.5, 0.6) is 0 Å². The predicted octanol–water partition coefficient (Wildman–Crippen LogP) is 3.43. The third-order valence-electron chi connectivity index (χ3n) is 5.39. The van der Waals surface area contributed by atoms with E-state index in [1.165, 1.54) is 0 Å². The summed E-state index contributed by atoms with van der Waals surface area (Å²) in [5, 5.41) is 16.9. The Balaban J connectivity index is 1.36. The molecule has 0 saturated carbocycles. The molecule has 0 aliphatic carbocycles. The van der Waals surface area contributed by atoms with E-state index in [1.807, 2.05) is 40.9 Å². The number of benzene rings is 1. The molecule has 4 rings (SSSR count). The van der Waals surface area contributed by atoms with Crippen LogP contribution in [0.25, 0.3) is 5.65 Å². The largest absolute Gasteiger partial charge is 0.355 e. The Kier molecular flexibility index (Phi) is 5.67. The topological polar surface area (TPSA) is 75.4 Å². The first-order valence-electron chi connectivity index (χ1n) is 10.0. The van der Waals surface area contributed by atoms with Gasteiger partial charge in [0.15, 0.2) is 11.5 Å². The van der Waals surface area contributed by atoms with Crippen molar-refractivity contribution in [3.63, 3.8) is 0 Å². The van der Waals surface area contributed by atoms with Gasteiger partial charge in [-0.25, -0.2) is 0 Å². The van der Waals surface area contributed by atoms with Gasteiger partial charge in [0, 0.05) is 36.5 Å². The summed E-state index contributed by atoms with van der Waals surface area (Å²) >= 11 is 6.17. The molecule has 29 heavy (non-hydrogen) atoms. The molecule has 152 valence electrons. The van der Waals surface area contributed by atoms with Gasteiger partial charge in [0.2, 0.25) is 5.91 Å². The molecular weight excluding hydrogens is 388 g/mol. The Morgan fingerprint density at radius 1 is 1.17 bits per heavy atom. The average Bonchev–Trinajstić information content (AvgIpc) is 3.16. The zero-order chi connectivity index (χ0) is 20.4. The summed E-state index contributed by atoms with van der Waals surface area (Å²) in [5.41, 5.74) is 1.69. The number of halogens is 1. The van der Waals surface area contributed by atoms with E-state index in [0.29, 0.717) is 11.6 Å². The van der Waals surface area contributed by atoms with Gasteiger partial charge in [-0.3, -0.25) is 4.79 Å². The van der Waals surface area contributed by atoms with Crippen molar-refractivity contribution in [2.75, 3.05) is 18.0 Å². The summed E-state index contributed by atoms with van der Waals surface area (Å²) in [5.74, 6) is 2.11. The number of fused-ring (bicyclic) bond motifs is 1. The summed E-state index contributed by atoms with van der Waals surface area (Å²) in [6.07, 6.45) is 1.60. The molecule has 0 radical (unpaired) electrons. The predicted molar refractivity (Wildman–Crippen MR) is 113 cm³/mol. The molecule has 7 nitrogen and oxygen atoms in total. The van der Waals surface area contributed by atoms with Crippen molar-refractivity contribution in [3.05, 3.63) is 52.8 Å². The van der Waals surface area contributed by atoms with Crippen molar-refractivity contribution in [1.82, 2.24) is 25.1 Å². The normalized spacial score (nSPS) is 15.2. The van der Waals surface area contributed by atoms with E-state index in [0.717, 1.165) is 48.8 Å². The van der Waals surface area contributed by atoms with E-state index in [2.05, 4.69) is 34.3 Å². The highest BCUT2D eigenvalue weighted by Crippen LogP contribution is 2.23. The summed E-state index contributed by atoms with van der Waals surface area (Å²) in [4.78, 5) is 14.8. The number of anilines is 1. The lowest BCUT2D eigenvalue weighted by atomic mass is 9.96. The number of amides is 1. The van der Waals surface area contributed by atoms with Gasteiger partial charge in [0.1, 0.15) is 5.82 Å². The number of nitrogens with one attached hydrogen (secondary N) is 1. The minimum atomic E-state index is 0.0126. The zero-order valence-corrected chi connectivity index (χ0v) is 17.4. The molecule has 0 atom stereocenters. The van der Waals surface area contributed by atoms with Gasteiger partial charge in [0.25, 0.3) is 0 Å². The molecule has 3 heterocycles. The van der Waals surface area contributed by atoms with Crippen LogP contribution in [0.15, 0.2) is 36.4 Å². The zero-order valence-electron chi connectivity index (χ0n) is 16.7. The summed E-state index contributed by atoms with van der Waals surface area (Å²) in [6.45, 7) is 6.21. The number of carbonyl (C=O) groups excluding carboxylic acids is 1. The fraction of sp³-hybridized carbons (Fsp3) is 0.429. The molecule has 1 aromatic carbocycles. The van der Waals surface area contributed by atoms with Crippen LogP contribution in [0.4, 0.5) is 5.82 Å². The van der Waals surface area contributed by atoms with Crippen LogP contribution in [-0.4, -0.2) is 38.8 Å². The van der Waals surface area contributed by atoms with E-state index in [9.17, 15) is 4.79 Å². The van der Waals surface area contributed by atoms with Crippen molar-refractivity contribution < 1.29 is 4.79 Å². The van der Waals surface area contributed by atoms with Crippen molar-refractivity contribution >= 4 is 29.0 Å². The van der Waals surface area contributed by atoms with Gasteiger partial charge in [-0.05, 0) is 36.6 Å². The molecule has 1 fully saturated rings. The maximum Gasteiger partial charge on any atom is 0.223 e. The van der Waals surface area contributed by atoms with Gasteiger partial charge in [0.05, 0.1) is 0 Å². The highest BCUT2D eigenvalue weighted by molar-refractivity contribution is 6.31. The Hall–Kier alpha value is -2.67. The molecule has 1 saturated heterocycles. The molecule has 0 bridgehead atoms. The number of aromatic nitrogens is 4. The fourth-order valence-electron chi connectivity index (χ4n) is 3.66. The molecule has 0 unspecified atom stereocenters. The van der Waals surface area contributed by atoms with Gasteiger partial charge in [-0.2, -0.15) is 4.52 Å². The second-order valence-corrected chi connectivity index (χ2v) is 8.15. The number of piperidine rings is 1. The molecule has 0 spiro atoms. The Bertz CT molecular complexity index is 1010. The number of carbonyl (C=O) groups is 1. The monoisotopic (exact) mass is 412 g/mol. The van der Waals surface area contributed by atoms with E-state index >= 15 is 0 Å². The average molecular weight is 413 g/mol. The number of hydrogen-bond donors (Lipinski definition) is 1. The first-order valence-corrected chi connectivity index (χ1v) is 10.4. The Morgan fingerprint density at radius 3 is 2.66 bits per heavy atom. The molecule has 3 aromatic rings. The number of nitrogens with zero attached hydrogens (tertiary/aromatic N) is 5. The van der Waals surface area contributed by atoms with E-state index in [-0.39, 0.29) is 17.7 Å². The second-order valence-electron chi connectivity index (χ2n) is 7.74. The van der Waals surface area contributed by atoms with Crippen molar-refractivity contribution in [2.24, 2.45) is 5.92 Å². The maximum absolute atomic E-state index is 12.6. The molecule has 1 aliphatic rings. The highest BCUT2D eigenvalue weighted by atomic mass is 35.5. The maximum atomic E-state index is 12.6. The van der Waals surface area contributed by atoms with Gasteiger partial charge >= 0.3 is 0 Å². The lowest BCUT2D eigenvalue weighted by Crippen LogP contribution is -2.40. The van der Waals surface area contributed by atoms with E-state index in [1.54, 1.807) is 0 Å². The SMILES string of the molecule is CC(C)c1nnc2ccc(N3CCC(C(=O)NCc4ccccc4Cl)CC3)nn12. The first kappa shape index (κ1) is 19.6. The van der Waals surface area contributed by atoms with Crippen LogP contribution in [0.1, 0.15) is 44.0 Å². The quantitative estimate of drug-likeness (QED) is 0.694. The minimum Gasteiger partial charge on any atom is -0.355 e. The van der Waals surface area contributed by atoms with Crippen molar-refractivity contribution in [3.8, 4) is 0 Å². The van der Waals surface area contributed by atoms with Crippen LogP contribution in [0, 0.1) is 5.92 Å². The molecule has 2 aromatic heterocycles. The molecule has 1 N–H and O–H groups in total. The van der Waals surface area contributed by atoms with Crippen LogP contribution in [0.3, 0.4) is 0 Å². The molecular formula is C21H25ClN6O. The van der Waals surface area contributed by atoms with Crippen LogP contribution in [-0.2, 0) is 11.3 Å². The summed E-state index contributed by atoms with van der Waals surface area (Å²) in [6, 6.07) is 11.5. The number of hydrogen-bond acceptors (Lipinski definition) is 5. The second kappa shape index (κ2) is 8.37. The van der Waals surface area contributed by atoms with Crippen molar-refractivity contribution in [2.45, 2.75) is 39.2 Å². The molecule has 8 heteroatoms. The smallest absolute Gasteiger partial charge is 0.223 e. The van der Waals surface area contributed by atoms with E-state index in [4.69, 9.17) is 16.7 Å². The standard InChI is InChI=1S/C21H25ClN6O/c1-14(2)20-25-24-18-7-8-19(26-28(18)20)27-11-9-15(10-12-27)21(29)23-13-16-5-3-4-6-17(16)22/h3-8,14-15H,9-13H2,1-2H3,(H,23,29). The third kappa shape index (κ3) is 4.19. The first-order chi connectivity index (χ1) is 14.0. The Morgan fingerprint density at radius 2 is 1.93 bits per heavy atom. The van der Waals surface area contributed by atoms with Gasteiger partial charge in [-0.1, -0.05) is 43.6 Å². The van der Waals surface area contributed by atoms with Crippen molar-refractivity contribution in [1.29, 1.82) is 0 Å². The number of rotatable bonds is 5. The minimum absolute atomic E-state index is 0.0126. The lowest BCUT2D eigenvalue weighted by molar-refractivity contribution is -0.125. The Labute approximate surface area is 175 Å².